The van der Waals surface area contributed by atoms with E-state index < -0.39 is 0 Å². The van der Waals surface area contributed by atoms with E-state index in [2.05, 4.69) is 19.2 Å². The van der Waals surface area contributed by atoms with Gasteiger partial charge in [0.05, 0.1) is 11.4 Å². The van der Waals surface area contributed by atoms with E-state index in [0.29, 0.717) is 17.3 Å². The van der Waals surface area contributed by atoms with Crippen LogP contribution in [0.15, 0.2) is 48.5 Å². The quantitative estimate of drug-likeness (QED) is 0.864. The third kappa shape index (κ3) is 4.22. The van der Waals surface area contributed by atoms with Crippen LogP contribution in [0.1, 0.15) is 38.2 Å². The molecule has 0 radical (unpaired) electrons. The maximum Gasteiger partial charge on any atom is 0.244 e. The van der Waals surface area contributed by atoms with Gasteiger partial charge < -0.3 is 15.1 Å². The first-order valence-corrected chi connectivity index (χ1v) is 9.42. The molecule has 2 aromatic carbocycles. The van der Waals surface area contributed by atoms with Crippen LogP contribution < -0.4 is 15.1 Å². The number of fused-ring (bicyclic) bond motifs is 1. The van der Waals surface area contributed by atoms with E-state index >= 15 is 0 Å². The topological polar surface area (TPSA) is 69.7 Å². The molecule has 6 nitrogen and oxygen atoms in total. The number of carbonyl (C=O) groups is 3. The number of carbonyl (C=O) groups excluding carboxylic acids is 3. The molecule has 1 heterocycles. The Labute approximate surface area is 165 Å². The van der Waals surface area contributed by atoms with Crippen molar-refractivity contribution in [1.29, 1.82) is 0 Å². The normalized spacial score (nSPS) is 13.1. The fourth-order valence-electron chi connectivity index (χ4n) is 3.21. The van der Waals surface area contributed by atoms with E-state index in [1.54, 1.807) is 30.1 Å². The van der Waals surface area contributed by atoms with Crippen molar-refractivity contribution in [3.8, 4) is 0 Å². The molecule has 28 heavy (non-hydrogen) atoms. The summed E-state index contributed by atoms with van der Waals surface area (Å²) in [5.41, 5.74) is 3.24. The summed E-state index contributed by atoms with van der Waals surface area (Å²) >= 11 is 0. The number of benzene rings is 2. The van der Waals surface area contributed by atoms with Crippen LogP contribution in [0.25, 0.3) is 0 Å². The summed E-state index contributed by atoms with van der Waals surface area (Å²) < 4.78 is 0. The highest BCUT2D eigenvalue weighted by molar-refractivity contribution is 6.10. The van der Waals surface area contributed by atoms with Gasteiger partial charge >= 0.3 is 0 Å². The third-order valence-electron chi connectivity index (χ3n) is 4.92. The number of rotatable bonds is 5. The van der Waals surface area contributed by atoms with E-state index in [4.69, 9.17) is 0 Å². The molecule has 0 unspecified atom stereocenters. The lowest BCUT2D eigenvalue weighted by atomic mass is 10.0. The monoisotopic (exact) mass is 379 g/mol. The Hall–Kier alpha value is -3.15. The lowest BCUT2D eigenvalue weighted by Gasteiger charge is -2.29. The van der Waals surface area contributed by atoms with Crippen LogP contribution in [0.3, 0.4) is 0 Å². The minimum atomic E-state index is -0.236. The minimum absolute atomic E-state index is 0.0314. The smallest absolute Gasteiger partial charge is 0.244 e. The molecule has 0 atom stereocenters. The summed E-state index contributed by atoms with van der Waals surface area (Å²) in [6.07, 6.45) is 0.135. The fourth-order valence-corrected chi connectivity index (χ4v) is 3.21. The summed E-state index contributed by atoms with van der Waals surface area (Å²) in [6, 6.07) is 15.0. The van der Waals surface area contributed by atoms with Crippen molar-refractivity contribution >= 4 is 34.8 Å². The lowest BCUT2D eigenvalue weighted by molar-refractivity contribution is -0.124. The number of nitrogens with zero attached hydrogens (tertiary/aromatic N) is 2. The van der Waals surface area contributed by atoms with Crippen molar-refractivity contribution in [2.45, 2.75) is 32.6 Å². The average Bonchev–Trinajstić information content (AvgIpc) is 2.70. The minimum Gasteiger partial charge on any atom is -0.323 e. The van der Waals surface area contributed by atoms with E-state index in [9.17, 15) is 14.4 Å². The number of amides is 3. The molecular formula is C22H25N3O3. The zero-order chi connectivity index (χ0) is 20.3. The van der Waals surface area contributed by atoms with Gasteiger partial charge in [-0.1, -0.05) is 38.1 Å². The first-order valence-electron chi connectivity index (χ1n) is 9.42. The number of anilines is 3. The molecule has 0 saturated heterocycles. The Morgan fingerprint density at radius 1 is 1.11 bits per heavy atom. The Morgan fingerprint density at radius 2 is 1.86 bits per heavy atom. The van der Waals surface area contributed by atoms with Crippen molar-refractivity contribution in [3.05, 3.63) is 54.1 Å². The van der Waals surface area contributed by atoms with Gasteiger partial charge in [0.25, 0.3) is 0 Å². The Balaban J connectivity index is 1.65. The lowest BCUT2D eigenvalue weighted by Crippen LogP contribution is -2.42. The summed E-state index contributed by atoms with van der Waals surface area (Å²) in [6.45, 7) is 4.18. The molecule has 1 aliphatic rings. The molecule has 1 N–H and O–H groups in total. The van der Waals surface area contributed by atoms with Crippen LogP contribution in [-0.4, -0.2) is 31.3 Å². The molecular weight excluding hydrogens is 354 g/mol. The van der Waals surface area contributed by atoms with Gasteiger partial charge in [0.2, 0.25) is 17.7 Å². The first-order chi connectivity index (χ1) is 13.4. The molecule has 146 valence electrons. The number of hydrogen-bond acceptors (Lipinski definition) is 3. The third-order valence-corrected chi connectivity index (χ3v) is 4.92. The Bertz CT molecular complexity index is 907. The number of nitrogens with one attached hydrogen (secondary N) is 1. The first kappa shape index (κ1) is 19.6. The van der Waals surface area contributed by atoms with Gasteiger partial charge in [-0.25, -0.2) is 0 Å². The highest BCUT2D eigenvalue weighted by Gasteiger charge is 2.27. The van der Waals surface area contributed by atoms with Crippen molar-refractivity contribution in [2.24, 2.45) is 0 Å². The van der Waals surface area contributed by atoms with Crippen LogP contribution in [0, 0.1) is 0 Å². The molecule has 0 spiro atoms. The van der Waals surface area contributed by atoms with Crippen molar-refractivity contribution in [1.82, 2.24) is 0 Å². The Kier molecular flexibility index (Phi) is 5.78. The molecule has 3 rings (SSSR count). The second-order valence-electron chi connectivity index (χ2n) is 7.25. The van der Waals surface area contributed by atoms with Crippen LogP contribution in [-0.2, 0) is 14.4 Å². The van der Waals surface area contributed by atoms with Crippen molar-refractivity contribution in [3.63, 3.8) is 0 Å². The molecule has 1 aliphatic heterocycles. The predicted octanol–water partition coefficient (Wildman–Crippen LogP) is 3.54. The molecule has 0 bridgehead atoms. The van der Waals surface area contributed by atoms with Gasteiger partial charge in [-0.3, -0.25) is 14.4 Å². The zero-order valence-corrected chi connectivity index (χ0v) is 16.4. The fraction of sp³-hybridized carbons (Fsp3) is 0.318. The summed E-state index contributed by atoms with van der Waals surface area (Å²) in [5.74, 6) is -0.236. The van der Waals surface area contributed by atoms with E-state index in [-0.39, 0.29) is 37.1 Å². The summed E-state index contributed by atoms with van der Waals surface area (Å²) in [4.78, 5) is 40.2. The van der Waals surface area contributed by atoms with E-state index in [1.165, 1.54) is 4.90 Å². The van der Waals surface area contributed by atoms with Gasteiger partial charge in [0.1, 0.15) is 6.54 Å². The standard InChI is InChI=1S/C22H25N3O3/c1-15(2)16-7-6-8-17(13-16)24(3)21(27)11-12-22(28)25-14-20(26)23-18-9-4-5-10-19(18)25/h4-10,13,15H,11-12,14H2,1-3H3,(H,23,26). The van der Waals surface area contributed by atoms with Crippen molar-refractivity contribution in [2.75, 3.05) is 28.7 Å². The molecule has 0 saturated carbocycles. The largest absolute Gasteiger partial charge is 0.323 e. The SMILES string of the molecule is CC(C)c1cccc(N(C)C(=O)CCC(=O)N2CC(=O)Nc3ccccc32)c1. The molecule has 0 aliphatic carbocycles. The molecule has 6 heteroatoms. The van der Waals surface area contributed by atoms with Gasteiger partial charge in [-0.05, 0) is 35.7 Å². The maximum atomic E-state index is 12.7. The number of para-hydroxylation sites is 2. The maximum absolute atomic E-state index is 12.7. The highest BCUT2D eigenvalue weighted by Crippen LogP contribution is 2.29. The zero-order valence-electron chi connectivity index (χ0n) is 16.4. The van der Waals surface area contributed by atoms with Gasteiger partial charge in [0.15, 0.2) is 0 Å². The predicted molar refractivity (Wildman–Crippen MR) is 111 cm³/mol. The van der Waals surface area contributed by atoms with E-state index in [1.807, 2.05) is 30.3 Å². The van der Waals surface area contributed by atoms with Crippen LogP contribution in [0.4, 0.5) is 17.1 Å². The molecule has 0 fully saturated rings. The van der Waals surface area contributed by atoms with Crippen molar-refractivity contribution < 1.29 is 14.4 Å². The molecule has 3 amide bonds. The molecule has 0 aromatic heterocycles. The van der Waals surface area contributed by atoms with Gasteiger partial charge in [-0.2, -0.15) is 0 Å². The molecule has 2 aromatic rings. The Morgan fingerprint density at radius 3 is 2.61 bits per heavy atom. The van der Waals surface area contributed by atoms with Crippen LogP contribution >= 0.6 is 0 Å². The number of hydrogen-bond donors (Lipinski definition) is 1. The highest BCUT2D eigenvalue weighted by atomic mass is 16.2. The summed E-state index contributed by atoms with van der Waals surface area (Å²) in [5, 5.41) is 2.76. The van der Waals surface area contributed by atoms with Crippen LogP contribution in [0.5, 0.6) is 0 Å². The van der Waals surface area contributed by atoms with E-state index in [0.717, 1.165) is 11.3 Å². The second kappa shape index (κ2) is 8.25. The van der Waals surface area contributed by atoms with Gasteiger partial charge in [0, 0.05) is 25.6 Å². The van der Waals surface area contributed by atoms with Crippen LogP contribution in [0.2, 0.25) is 0 Å². The average molecular weight is 379 g/mol. The summed E-state index contributed by atoms with van der Waals surface area (Å²) in [7, 11) is 1.72. The van der Waals surface area contributed by atoms with Gasteiger partial charge in [-0.15, -0.1) is 0 Å². The second-order valence-corrected chi connectivity index (χ2v) is 7.25.